The summed E-state index contributed by atoms with van der Waals surface area (Å²) in [4.78, 5) is 26.3. The average Bonchev–Trinajstić information content (AvgIpc) is 3.65. The van der Waals surface area contributed by atoms with E-state index in [-0.39, 0.29) is 33.8 Å². The first-order valence-corrected chi connectivity index (χ1v) is 13.0. The second-order valence-electron chi connectivity index (χ2n) is 10.1. The van der Waals surface area contributed by atoms with Crippen LogP contribution in [0.3, 0.4) is 0 Å². The van der Waals surface area contributed by atoms with Gasteiger partial charge in [-0.2, -0.15) is 5.10 Å². The van der Waals surface area contributed by atoms with Crippen LogP contribution in [0.2, 0.25) is 0 Å². The highest BCUT2D eigenvalue weighted by Crippen LogP contribution is 2.45. The van der Waals surface area contributed by atoms with Crippen molar-refractivity contribution in [1.82, 2.24) is 20.2 Å². The lowest BCUT2D eigenvalue weighted by atomic mass is 9.96. The van der Waals surface area contributed by atoms with Crippen molar-refractivity contribution in [2.75, 3.05) is 7.05 Å². The molecule has 2 heterocycles. The predicted octanol–water partition coefficient (Wildman–Crippen LogP) is 6.03. The number of nitrogens with one attached hydrogen (secondary N) is 2. The number of hydrogen-bond donors (Lipinski definition) is 2. The fourth-order valence-electron chi connectivity index (χ4n) is 5.17. The number of carbonyl (C=O) groups is 2. The van der Waals surface area contributed by atoms with Crippen molar-refractivity contribution in [3.63, 3.8) is 0 Å². The van der Waals surface area contributed by atoms with Gasteiger partial charge in [0.05, 0.1) is 11.1 Å². The van der Waals surface area contributed by atoms with Gasteiger partial charge >= 0.3 is 0 Å². The highest BCUT2D eigenvalue weighted by atomic mass is 19.1. The molecule has 0 radical (unpaired) electrons. The quantitative estimate of drug-likeness (QED) is 0.278. The molecule has 2 amide bonds. The largest absolute Gasteiger partial charge is 0.355 e. The third-order valence-corrected chi connectivity index (χ3v) is 7.53. The van der Waals surface area contributed by atoms with Crippen molar-refractivity contribution in [3.8, 4) is 22.4 Å². The van der Waals surface area contributed by atoms with Gasteiger partial charge in [-0.25, -0.2) is 13.3 Å². The number of aryl methyl sites for hydroxylation is 1. The minimum Gasteiger partial charge on any atom is -0.355 e. The fraction of sp³-hybridized carbons (Fsp3) is 0.156. The van der Waals surface area contributed by atoms with E-state index in [1.165, 1.54) is 35.8 Å². The van der Waals surface area contributed by atoms with Gasteiger partial charge in [-0.05, 0) is 78.9 Å². The summed E-state index contributed by atoms with van der Waals surface area (Å²) in [5, 5.41) is 10.2. The van der Waals surface area contributed by atoms with Crippen LogP contribution in [-0.2, 0) is 5.54 Å². The Kier molecular flexibility index (Phi) is 6.18. The van der Waals surface area contributed by atoms with E-state index in [9.17, 15) is 14.0 Å². The first-order valence-electron chi connectivity index (χ1n) is 13.0. The minimum absolute atomic E-state index is 0.00793. The average molecular weight is 537 g/mol. The van der Waals surface area contributed by atoms with Crippen LogP contribution in [0.15, 0.2) is 85.1 Å². The standard InChI is InChI=1S/C32H26F2N4O2/c1-19-8-9-21(30(39)36-32(15-16-32)22-6-4-3-5-7-22)18-25(19)24-14-17-38-29(27(24)34)26(31(40)35-2)28(37-38)20-10-12-23(33)13-11-20/h3-14,17-18H,15-16H2,1-2H3,(H,35,40)(H,36,39). The number of aromatic nitrogens is 2. The molecule has 5 aromatic rings. The van der Waals surface area contributed by atoms with Crippen molar-refractivity contribution < 1.29 is 18.4 Å². The summed E-state index contributed by atoms with van der Waals surface area (Å²) in [6, 6.07) is 22.2. The van der Waals surface area contributed by atoms with Gasteiger partial charge in [0.25, 0.3) is 11.8 Å². The second-order valence-corrected chi connectivity index (χ2v) is 10.1. The van der Waals surface area contributed by atoms with Crippen LogP contribution in [0.4, 0.5) is 8.78 Å². The summed E-state index contributed by atoms with van der Waals surface area (Å²) >= 11 is 0. The monoisotopic (exact) mass is 536 g/mol. The van der Waals surface area contributed by atoms with Crippen LogP contribution in [0.25, 0.3) is 27.9 Å². The first kappa shape index (κ1) is 25.4. The molecule has 0 atom stereocenters. The van der Waals surface area contributed by atoms with Crippen LogP contribution in [-0.4, -0.2) is 28.5 Å². The Balaban J connectivity index is 1.43. The smallest absolute Gasteiger partial charge is 0.255 e. The zero-order chi connectivity index (χ0) is 28.0. The van der Waals surface area contributed by atoms with E-state index >= 15 is 4.39 Å². The summed E-state index contributed by atoms with van der Waals surface area (Å²) in [5.41, 5.74) is 3.37. The van der Waals surface area contributed by atoms with E-state index in [2.05, 4.69) is 15.7 Å². The zero-order valence-corrected chi connectivity index (χ0v) is 22.0. The van der Waals surface area contributed by atoms with E-state index in [1.807, 2.05) is 37.3 Å². The highest BCUT2D eigenvalue weighted by Gasteiger charge is 2.45. The first-order chi connectivity index (χ1) is 19.3. The van der Waals surface area contributed by atoms with Gasteiger partial charge in [0, 0.05) is 29.9 Å². The number of rotatable bonds is 6. The molecule has 6 rings (SSSR count). The molecule has 0 spiro atoms. The topological polar surface area (TPSA) is 75.5 Å². The van der Waals surface area contributed by atoms with Crippen LogP contribution in [0.5, 0.6) is 0 Å². The minimum atomic E-state index is -0.648. The molecule has 40 heavy (non-hydrogen) atoms. The van der Waals surface area contributed by atoms with Crippen molar-refractivity contribution in [2.45, 2.75) is 25.3 Å². The molecule has 0 unspecified atom stereocenters. The Hall–Kier alpha value is -4.85. The van der Waals surface area contributed by atoms with E-state index < -0.39 is 17.5 Å². The maximum absolute atomic E-state index is 16.3. The zero-order valence-electron chi connectivity index (χ0n) is 22.0. The van der Waals surface area contributed by atoms with E-state index in [0.29, 0.717) is 16.7 Å². The number of benzene rings is 3. The summed E-state index contributed by atoms with van der Waals surface area (Å²) in [7, 11) is 1.45. The highest BCUT2D eigenvalue weighted by molar-refractivity contribution is 6.07. The van der Waals surface area contributed by atoms with Gasteiger partial charge < -0.3 is 10.6 Å². The molecule has 0 saturated heterocycles. The molecule has 1 saturated carbocycles. The Morgan fingerprint density at radius 1 is 0.900 bits per heavy atom. The van der Waals surface area contributed by atoms with E-state index in [1.54, 1.807) is 30.5 Å². The number of fused-ring (bicyclic) bond motifs is 1. The Morgan fingerprint density at radius 3 is 2.30 bits per heavy atom. The van der Waals surface area contributed by atoms with Crippen LogP contribution in [0, 0.1) is 18.6 Å². The molecule has 1 aliphatic rings. The third kappa shape index (κ3) is 4.31. The predicted molar refractivity (Wildman–Crippen MR) is 149 cm³/mol. The molecule has 2 aromatic heterocycles. The van der Waals surface area contributed by atoms with Gasteiger partial charge in [0.15, 0.2) is 5.82 Å². The second kappa shape index (κ2) is 9.72. The third-order valence-electron chi connectivity index (χ3n) is 7.53. The molecular formula is C32H26F2N4O2. The van der Waals surface area contributed by atoms with E-state index in [4.69, 9.17) is 0 Å². The lowest BCUT2D eigenvalue weighted by Crippen LogP contribution is -2.34. The SMILES string of the molecule is CNC(=O)c1c(-c2ccc(F)cc2)nn2ccc(-c3cc(C(=O)NC4(c5ccccc5)CC4)ccc3C)c(F)c12. The van der Waals surface area contributed by atoms with Crippen LogP contribution >= 0.6 is 0 Å². The van der Waals surface area contributed by atoms with Gasteiger partial charge in [-0.1, -0.05) is 36.4 Å². The Morgan fingerprint density at radius 2 is 1.62 bits per heavy atom. The van der Waals surface area contributed by atoms with Gasteiger partial charge in [0.2, 0.25) is 0 Å². The molecule has 2 N–H and O–H groups in total. The number of amides is 2. The molecule has 1 aliphatic carbocycles. The number of halogens is 2. The summed E-state index contributed by atoms with van der Waals surface area (Å²) in [6.07, 6.45) is 3.28. The molecule has 0 aliphatic heterocycles. The summed E-state index contributed by atoms with van der Waals surface area (Å²) in [5.74, 6) is -1.84. The molecular weight excluding hydrogens is 510 g/mol. The number of pyridine rings is 1. The van der Waals surface area contributed by atoms with Crippen molar-refractivity contribution in [1.29, 1.82) is 0 Å². The molecule has 1 fully saturated rings. The molecule has 6 nitrogen and oxygen atoms in total. The molecule has 8 heteroatoms. The lowest BCUT2D eigenvalue weighted by Gasteiger charge is -2.19. The fourth-order valence-corrected chi connectivity index (χ4v) is 5.17. The summed E-state index contributed by atoms with van der Waals surface area (Å²) in [6.45, 7) is 1.84. The van der Waals surface area contributed by atoms with Crippen molar-refractivity contribution in [2.24, 2.45) is 0 Å². The van der Waals surface area contributed by atoms with E-state index in [0.717, 1.165) is 24.0 Å². The van der Waals surface area contributed by atoms with Gasteiger partial charge in [-0.3, -0.25) is 9.59 Å². The molecule has 3 aromatic carbocycles. The lowest BCUT2D eigenvalue weighted by molar-refractivity contribution is 0.0929. The maximum Gasteiger partial charge on any atom is 0.255 e. The number of nitrogens with zero attached hydrogens (tertiary/aromatic N) is 2. The number of carbonyl (C=O) groups excluding carboxylic acids is 2. The van der Waals surface area contributed by atoms with Crippen LogP contribution < -0.4 is 10.6 Å². The van der Waals surface area contributed by atoms with Gasteiger partial charge in [0.1, 0.15) is 17.0 Å². The van der Waals surface area contributed by atoms with Crippen molar-refractivity contribution >= 4 is 17.3 Å². The maximum atomic E-state index is 16.3. The van der Waals surface area contributed by atoms with Crippen LogP contribution in [0.1, 0.15) is 44.7 Å². The molecule has 200 valence electrons. The summed E-state index contributed by atoms with van der Waals surface area (Å²) < 4.78 is 31.2. The molecule has 0 bridgehead atoms. The van der Waals surface area contributed by atoms with Crippen molar-refractivity contribution in [3.05, 3.63) is 119 Å². The Labute approximate surface area is 229 Å². The normalized spacial score (nSPS) is 13.7. The van der Waals surface area contributed by atoms with Gasteiger partial charge in [-0.15, -0.1) is 0 Å². The Bertz CT molecular complexity index is 1780. The number of hydrogen-bond acceptors (Lipinski definition) is 3.